The largest absolute Gasteiger partial charge is 0.478 e. The van der Waals surface area contributed by atoms with Crippen LogP contribution in [0.2, 0.25) is 0 Å². The third kappa shape index (κ3) is 6.63. The summed E-state index contributed by atoms with van der Waals surface area (Å²) in [6.45, 7) is 0.983. The molecule has 4 rings (SSSR count). The SMILES string of the molecule is CN1CCCCC1OC(=O)C1=Cc2ccccc2Cc2ccccc21.O=C(O)/C=C/C(=O)O. The van der Waals surface area contributed by atoms with Gasteiger partial charge in [-0.2, -0.15) is 0 Å². The summed E-state index contributed by atoms with van der Waals surface area (Å²) in [5.74, 6) is -2.73. The highest BCUT2D eigenvalue weighted by Gasteiger charge is 2.26. The first kappa shape index (κ1) is 23.9. The van der Waals surface area contributed by atoms with Gasteiger partial charge in [0.2, 0.25) is 0 Å². The molecule has 0 radical (unpaired) electrons. The van der Waals surface area contributed by atoms with Gasteiger partial charge in [0.05, 0.1) is 5.57 Å². The number of fused-ring (bicyclic) bond motifs is 2. The van der Waals surface area contributed by atoms with Gasteiger partial charge in [-0.15, -0.1) is 0 Å². The van der Waals surface area contributed by atoms with E-state index in [0.717, 1.165) is 36.9 Å². The van der Waals surface area contributed by atoms with Crippen LogP contribution >= 0.6 is 0 Å². The van der Waals surface area contributed by atoms with E-state index in [-0.39, 0.29) is 12.2 Å². The third-order valence-corrected chi connectivity index (χ3v) is 5.58. The van der Waals surface area contributed by atoms with Gasteiger partial charge in [-0.25, -0.2) is 14.4 Å². The number of ether oxygens (including phenoxy) is 1. The van der Waals surface area contributed by atoms with Crippen molar-refractivity contribution < 1.29 is 29.3 Å². The number of carboxylic acid groups (broad SMARTS) is 2. The lowest BCUT2D eigenvalue weighted by Crippen LogP contribution is -2.39. The molecule has 0 spiro atoms. The van der Waals surface area contributed by atoms with E-state index in [0.29, 0.717) is 17.7 Å². The fourth-order valence-corrected chi connectivity index (χ4v) is 3.90. The van der Waals surface area contributed by atoms with Crippen LogP contribution in [0.3, 0.4) is 0 Å². The molecule has 1 saturated heterocycles. The second-order valence-corrected chi connectivity index (χ2v) is 7.94. The Balaban J connectivity index is 0.000000331. The van der Waals surface area contributed by atoms with E-state index in [4.69, 9.17) is 14.9 Å². The van der Waals surface area contributed by atoms with Crippen LogP contribution in [0.15, 0.2) is 60.7 Å². The molecule has 2 N–H and O–H groups in total. The van der Waals surface area contributed by atoms with Crippen molar-refractivity contribution in [2.24, 2.45) is 0 Å². The summed E-state index contributed by atoms with van der Waals surface area (Å²) in [5.41, 5.74) is 5.17. The van der Waals surface area contributed by atoms with E-state index in [1.807, 2.05) is 37.4 Å². The summed E-state index contributed by atoms with van der Waals surface area (Å²) < 4.78 is 5.89. The van der Waals surface area contributed by atoms with Gasteiger partial charge in [-0.1, -0.05) is 48.5 Å². The zero-order valence-electron chi connectivity index (χ0n) is 18.4. The highest BCUT2D eigenvalue weighted by Crippen LogP contribution is 2.31. The minimum Gasteiger partial charge on any atom is -0.478 e. The fraction of sp³-hybridized carbons (Fsp3) is 0.269. The van der Waals surface area contributed by atoms with E-state index in [1.165, 1.54) is 17.5 Å². The van der Waals surface area contributed by atoms with Crippen molar-refractivity contribution in [3.05, 3.63) is 82.9 Å². The molecule has 172 valence electrons. The second kappa shape index (κ2) is 11.2. The third-order valence-electron chi connectivity index (χ3n) is 5.58. The monoisotopic (exact) mass is 449 g/mol. The molecule has 1 aliphatic heterocycles. The van der Waals surface area contributed by atoms with E-state index >= 15 is 0 Å². The molecule has 0 saturated carbocycles. The number of nitrogens with zero attached hydrogens (tertiary/aromatic N) is 1. The molecule has 7 heteroatoms. The van der Waals surface area contributed by atoms with Crippen molar-refractivity contribution in [2.75, 3.05) is 13.6 Å². The van der Waals surface area contributed by atoms with Gasteiger partial charge in [0.25, 0.3) is 0 Å². The van der Waals surface area contributed by atoms with Crippen molar-refractivity contribution in [1.29, 1.82) is 0 Å². The van der Waals surface area contributed by atoms with Gasteiger partial charge in [-0.3, -0.25) is 4.90 Å². The molecule has 0 aromatic heterocycles. The smallest absolute Gasteiger partial charge is 0.340 e. The Kier molecular flexibility index (Phi) is 8.16. The number of benzene rings is 2. The van der Waals surface area contributed by atoms with Crippen LogP contribution in [0, 0.1) is 0 Å². The molecular formula is C26H27NO6. The van der Waals surface area contributed by atoms with Crippen LogP contribution in [0.1, 0.15) is 41.5 Å². The quantitative estimate of drug-likeness (QED) is 0.540. The molecule has 2 aromatic carbocycles. The maximum absolute atomic E-state index is 13.0. The topological polar surface area (TPSA) is 104 Å². The van der Waals surface area contributed by atoms with Crippen molar-refractivity contribution >= 4 is 29.6 Å². The lowest BCUT2D eigenvalue weighted by molar-refractivity contribution is -0.153. The summed E-state index contributed by atoms with van der Waals surface area (Å²) in [5, 5.41) is 15.6. The molecule has 0 amide bonds. The van der Waals surface area contributed by atoms with Crippen LogP contribution in [0.5, 0.6) is 0 Å². The van der Waals surface area contributed by atoms with Crippen LogP contribution in [-0.4, -0.2) is 52.8 Å². The normalized spacial score (nSPS) is 17.5. The van der Waals surface area contributed by atoms with Crippen LogP contribution in [0.4, 0.5) is 0 Å². The minimum atomic E-state index is -1.26. The number of hydrogen-bond acceptors (Lipinski definition) is 5. The molecule has 2 aliphatic rings. The molecule has 1 fully saturated rings. The number of carboxylic acids is 2. The fourth-order valence-electron chi connectivity index (χ4n) is 3.90. The summed E-state index contributed by atoms with van der Waals surface area (Å²) in [6, 6.07) is 16.4. The Morgan fingerprint density at radius 3 is 2.24 bits per heavy atom. The van der Waals surface area contributed by atoms with E-state index in [9.17, 15) is 14.4 Å². The Morgan fingerprint density at radius 1 is 0.939 bits per heavy atom. The number of piperidine rings is 1. The van der Waals surface area contributed by atoms with Crippen molar-refractivity contribution in [3.8, 4) is 0 Å². The summed E-state index contributed by atoms with van der Waals surface area (Å²) in [6.07, 6.45) is 7.02. The van der Waals surface area contributed by atoms with Gasteiger partial charge < -0.3 is 14.9 Å². The number of likely N-dealkylation sites (tertiary alicyclic amines) is 1. The lowest BCUT2D eigenvalue weighted by Gasteiger charge is -2.32. The molecule has 33 heavy (non-hydrogen) atoms. The van der Waals surface area contributed by atoms with Crippen molar-refractivity contribution in [1.82, 2.24) is 4.90 Å². The summed E-state index contributed by atoms with van der Waals surface area (Å²) >= 11 is 0. The standard InChI is InChI=1S/C22H23NO2.C4H4O4/c1-23-13-7-6-12-21(23)25-22(24)20-15-17-9-3-2-8-16(17)14-18-10-4-5-11-19(18)20;5-3(6)1-2-4(7)8/h2-5,8-11,15,21H,6-7,12-14H2,1H3;1-2H,(H,5,6)(H,7,8)/b;2-1+. The van der Waals surface area contributed by atoms with Gasteiger partial charge >= 0.3 is 17.9 Å². The Bertz CT molecular complexity index is 1070. The van der Waals surface area contributed by atoms with Crippen molar-refractivity contribution in [3.63, 3.8) is 0 Å². The number of carbonyl (C=O) groups excluding carboxylic acids is 1. The van der Waals surface area contributed by atoms with Crippen LogP contribution < -0.4 is 0 Å². The van der Waals surface area contributed by atoms with Crippen LogP contribution in [0.25, 0.3) is 11.6 Å². The molecule has 7 nitrogen and oxygen atoms in total. The highest BCUT2D eigenvalue weighted by atomic mass is 16.6. The van der Waals surface area contributed by atoms with Gasteiger partial charge in [0, 0.05) is 18.7 Å². The molecule has 1 aliphatic carbocycles. The zero-order chi connectivity index (χ0) is 23.8. The number of esters is 1. The maximum Gasteiger partial charge on any atom is 0.340 e. The van der Waals surface area contributed by atoms with Gasteiger partial charge in [0.15, 0.2) is 6.23 Å². The van der Waals surface area contributed by atoms with E-state index in [2.05, 4.69) is 29.2 Å². The summed E-state index contributed by atoms with van der Waals surface area (Å²) in [7, 11) is 2.03. The number of rotatable bonds is 4. The Hall–Kier alpha value is -3.71. The molecule has 1 atom stereocenters. The van der Waals surface area contributed by atoms with Gasteiger partial charge in [-0.05, 0) is 61.1 Å². The average molecular weight is 450 g/mol. The second-order valence-electron chi connectivity index (χ2n) is 7.94. The molecule has 2 aromatic rings. The minimum absolute atomic E-state index is 0.118. The van der Waals surface area contributed by atoms with E-state index in [1.54, 1.807) is 0 Å². The maximum atomic E-state index is 13.0. The van der Waals surface area contributed by atoms with Crippen molar-refractivity contribution in [2.45, 2.75) is 31.9 Å². The Morgan fingerprint density at radius 2 is 1.58 bits per heavy atom. The molecule has 0 bridgehead atoms. The van der Waals surface area contributed by atoms with Crippen LogP contribution in [-0.2, 0) is 25.5 Å². The van der Waals surface area contributed by atoms with E-state index < -0.39 is 11.9 Å². The zero-order valence-corrected chi connectivity index (χ0v) is 18.4. The predicted octanol–water partition coefficient (Wildman–Crippen LogP) is 3.83. The number of hydrogen-bond donors (Lipinski definition) is 2. The number of aliphatic carboxylic acids is 2. The first-order valence-electron chi connectivity index (χ1n) is 10.8. The molecule has 1 heterocycles. The summed E-state index contributed by atoms with van der Waals surface area (Å²) in [4.78, 5) is 34.3. The molecule has 1 unspecified atom stereocenters. The predicted molar refractivity (Wildman–Crippen MR) is 124 cm³/mol. The highest BCUT2D eigenvalue weighted by molar-refractivity contribution is 6.22. The molecular weight excluding hydrogens is 422 g/mol. The first-order valence-corrected chi connectivity index (χ1v) is 10.8. The first-order chi connectivity index (χ1) is 15.8. The Labute approximate surface area is 192 Å². The van der Waals surface area contributed by atoms with Gasteiger partial charge in [0.1, 0.15) is 0 Å². The number of carbonyl (C=O) groups is 3. The average Bonchev–Trinajstić information content (AvgIpc) is 2.96. The lowest BCUT2D eigenvalue weighted by atomic mass is 9.98.